The Bertz CT molecular complexity index is 1140. The number of alkyl halides is 3. The predicted octanol–water partition coefficient (Wildman–Crippen LogP) is 4.80. The first kappa shape index (κ1) is 17.0. The van der Waals surface area contributed by atoms with Gasteiger partial charge >= 0.3 is 6.18 Å². The number of pyridine rings is 1. The summed E-state index contributed by atoms with van der Waals surface area (Å²) in [7, 11) is 0. The van der Waals surface area contributed by atoms with Crippen LogP contribution in [0, 0.1) is 6.92 Å². The number of nitrogens with zero attached hydrogens (tertiary/aromatic N) is 5. The van der Waals surface area contributed by atoms with Crippen molar-refractivity contribution in [3.05, 3.63) is 52.9 Å². The van der Waals surface area contributed by atoms with Gasteiger partial charge in [-0.2, -0.15) is 13.2 Å². The zero-order chi connectivity index (χ0) is 18.5. The van der Waals surface area contributed by atoms with Gasteiger partial charge in [-0.05, 0) is 36.9 Å². The molecule has 0 amide bonds. The van der Waals surface area contributed by atoms with Crippen molar-refractivity contribution in [2.45, 2.75) is 23.3 Å². The van der Waals surface area contributed by atoms with E-state index < -0.39 is 11.7 Å². The summed E-state index contributed by atoms with van der Waals surface area (Å²) in [6, 6.07) is 6.53. The maximum Gasteiger partial charge on any atom is 0.417 e. The molecule has 4 aromatic rings. The molecule has 0 unspecified atom stereocenters. The molecule has 3 aromatic heterocycles. The van der Waals surface area contributed by atoms with E-state index in [0.717, 1.165) is 40.5 Å². The standard InChI is InChI=1S/C16H9ClF3N5S/c1-8-2-3-12-10(4-8)14(22-7-21-12)26-15-24-23-13-11(17)5-9(6-25(13)15)16(18,19)20/h2-7H,1H3. The van der Waals surface area contributed by atoms with E-state index in [2.05, 4.69) is 20.2 Å². The van der Waals surface area contributed by atoms with Gasteiger partial charge in [0.25, 0.3) is 0 Å². The van der Waals surface area contributed by atoms with Gasteiger partial charge in [0, 0.05) is 11.6 Å². The van der Waals surface area contributed by atoms with Crippen LogP contribution in [0.2, 0.25) is 5.02 Å². The third kappa shape index (κ3) is 2.97. The van der Waals surface area contributed by atoms with Crippen LogP contribution < -0.4 is 0 Å². The fourth-order valence-corrected chi connectivity index (χ4v) is 3.58. The number of hydrogen-bond donors (Lipinski definition) is 0. The molecule has 0 saturated heterocycles. The molecule has 0 spiro atoms. The number of aryl methyl sites for hydroxylation is 1. The average molecular weight is 396 g/mol. The molecule has 0 atom stereocenters. The third-order valence-electron chi connectivity index (χ3n) is 3.70. The summed E-state index contributed by atoms with van der Waals surface area (Å²) in [5.41, 5.74) is 1.02. The summed E-state index contributed by atoms with van der Waals surface area (Å²) in [6.45, 7) is 1.93. The molecule has 0 aliphatic carbocycles. The fourth-order valence-electron chi connectivity index (χ4n) is 2.47. The van der Waals surface area contributed by atoms with Crippen LogP contribution in [0.25, 0.3) is 16.6 Å². The Balaban J connectivity index is 1.86. The van der Waals surface area contributed by atoms with Crippen LogP contribution in [0.4, 0.5) is 13.2 Å². The van der Waals surface area contributed by atoms with E-state index in [-0.39, 0.29) is 15.8 Å². The van der Waals surface area contributed by atoms with E-state index in [9.17, 15) is 13.2 Å². The van der Waals surface area contributed by atoms with E-state index in [1.807, 2.05) is 25.1 Å². The molecular weight excluding hydrogens is 387 g/mol. The Labute approximate surface area is 154 Å². The highest BCUT2D eigenvalue weighted by Crippen LogP contribution is 2.35. The van der Waals surface area contributed by atoms with Crippen molar-refractivity contribution in [2.24, 2.45) is 0 Å². The Kier molecular flexibility index (Phi) is 4.00. The molecule has 5 nitrogen and oxygen atoms in total. The number of halogens is 4. The van der Waals surface area contributed by atoms with E-state index in [0.29, 0.717) is 5.03 Å². The Morgan fingerprint density at radius 2 is 1.92 bits per heavy atom. The molecule has 26 heavy (non-hydrogen) atoms. The lowest BCUT2D eigenvalue weighted by Gasteiger charge is -2.09. The number of aromatic nitrogens is 5. The molecule has 4 rings (SSSR count). The van der Waals surface area contributed by atoms with Gasteiger partial charge < -0.3 is 0 Å². The second-order valence-corrected chi connectivity index (χ2v) is 6.92. The Morgan fingerprint density at radius 1 is 1.12 bits per heavy atom. The summed E-state index contributed by atoms with van der Waals surface area (Å²) in [4.78, 5) is 8.44. The second-order valence-electron chi connectivity index (χ2n) is 5.55. The molecule has 0 bridgehead atoms. The van der Waals surface area contributed by atoms with Gasteiger partial charge in [0.1, 0.15) is 11.4 Å². The average Bonchev–Trinajstić information content (AvgIpc) is 2.98. The molecule has 132 valence electrons. The van der Waals surface area contributed by atoms with Crippen molar-refractivity contribution >= 4 is 39.9 Å². The second kappa shape index (κ2) is 6.10. The van der Waals surface area contributed by atoms with Crippen LogP contribution in [-0.4, -0.2) is 24.6 Å². The minimum absolute atomic E-state index is 0.123. The molecule has 1 aromatic carbocycles. The van der Waals surface area contributed by atoms with Crippen LogP contribution in [0.15, 0.2) is 47.0 Å². The quantitative estimate of drug-likeness (QED) is 0.456. The van der Waals surface area contributed by atoms with Gasteiger partial charge in [-0.15, -0.1) is 10.2 Å². The van der Waals surface area contributed by atoms with Crippen LogP contribution in [0.1, 0.15) is 11.1 Å². The maximum absolute atomic E-state index is 13.1. The highest BCUT2D eigenvalue weighted by atomic mass is 35.5. The van der Waals surface area contributed by atoms with Crippen LogP contribution >= 0.6 is 23.4 Å². The Morgan fingerprint density at radius 3 is 2.69 bits per heavy atom. The highest BCUT2D eigenvalue weighted by Gasteiger charge is 2.32. The summed E-state index contributed by atoms with van der Waals surface area (Å²) < 4.78 is 40.4. The van der Waals surface area contributed by atoms with Gasteiger partial charge in [-0.25, -0.2) is 9.97 Å². The molecule has 0 aliphatic heterocycles. The highest BCUT2D eigenvalue weighted by molar-refractivity contribution is 7.99. The van der Waals surface area contributed by atoms with Gasteiger partial charge in [0.2, 0.25) is 5.16 Å². The molecule has 0 fully saturated rings. The monoisotopic (exact) mass is 395 g/mol. The van der Waals surface area contributed by atoms with Crippen molar-refractivity contribution < 1.29 is 13.2 Å². The van der Waals surface area contributed by atoms with Crippen LogP contribution in [0.3, 0.4) is 0 Å². The lowest BCUT2D eigenvalue weighted by Crippen LogP contribution is -2.07. The largest absolute Gasteiger partial charge is 0.417 e. The third-order valence-corrected chi connectivity index (χ3v) is 4.96. The smallest absolute Gasteiger partial charge is 0.275 e. The number of hydrogen-bond acceptors (Lipinski definition) is 5. The summed E-state index contributed by atoms with van der Waals surface area (Å²) in [6.07, 6.45) is -2.20. The number of rotatable bonds is 2. The lowest BCUT2D eigenvalue weighted by molar-refractivity contribution is -0.137. The SMILES string of the molecule is Cc1ccc2ncnc(Sc3nnc4c(Cl)cc(C(F)(F)F)cn34)c2c1. The number of fused-ring (bicyclic) bond motifs is 2. The minimum atomic E-state index is -4.53. The summed E-state index contributed by atoms with van der Waals surface area (Å²) >= 11 is 7.04. The van der Waals surface area contributed by atoms with Crippen molar-refractivity contribution in [3.8, 4) is 0 Å². The molecule has 0 saturated carbocycles. The molecule has 3 heterocycles. The van der Waals surface area contributed by atoms with Gasteiger partial charge in [0.05, 0.1) is 16.1 Å². The molecule has 10 heteroatoms. The fraction of sp³-hybridized carbons (Fsp3) is 0.125. The molecule has 0 radical (unpaired) electrons. The molecular formula is C16H9ClF3N5S. The van der Waals surface area contributed by atoms with Crippen molar-refractivity contribution in [2.75, 3.05) is 0 Å². The predicted molar refractivity (Wildman–Crippen MR) is 91.4 cm³/mol. The van der Waals surface area contributed by atoms with Crippen molar-refractivity contribution in [3.63, 3.8) is 0 Å². The maximum atomic E-state index is 13.1. The van der Waals surface area contributed by atoms with Crippen LogP contribution in [-0.2, 0) is 6.18 Å². The van der Waals surface area contributed by atoms with E-state index >= 15 is 0 Å². The van der Waals surface area contributed by atoms with Gasteiger partial charge in [-0.1, -0.05) is 23.2 Å². The first-order valence-electron chi connectivity index (χ1n) is 7.33. The zero-order valence-corrected chi connectivity index (χ0v) is 14.7. The van der Waals surface area contributed by atoms with Gasteiger partial charge in [0.15, 0.2) is 5.65 Å². The first-order chi connectivity index (χ1) is 12.3. The molecule has 0 N–H and O–H groups in total. The summed E-state index contributed by atoms with van der Waals surface area (Å²) in [5.74, 6) is 0. The van der Waals surface area contributed by atoms with Crippen LogP contribution in [0.5, 0.6) is 0 Å². The zero-order valence-electron chi connectivity index (χ0n) is 13.1. The van der Waals surface area contributed by atoms with Gasteiger partial charge in [-0.3, -0.25) is 4.40 Å². The molecule has 0 aliphatic rings. The van der Waals surface area contributed by atoms with Crippen molar-refractivity contribution in [1.82, 2.24) is 24.6 Å². The normalized spacial score (nSPS) is 12.2. The lowest BCUT2D eigenvalue weighted by atomic mass is 10.2. The minimum Gasteiger partial charge on any atom is -0.275 e. The van der Waals surface area contributed by atoms with E-state index in [4.69, 9.17) is 11.6 Å². The number of benzene rings is 1. The first-order valence-corrected chi connectivity index (χ1v) is 8.53. The Hall–Kier alpha value is -2.39. The van der Waals surface area contributed by atoms with E-state index in [1.54, 1.807) is 0 Å². The topological polar surface area (TPSA) is 56.0 Å². The van der Waals surface area contributed by atoms with E-state index in [1.165, 1.54) is 10.7 Å². The summed E-state index contributed by atoms with van der Waals surface area (Å²) in [5, 5.41) is 9.32. The van der Waals surface area contributed by atoms with Crippen molar-refractivity contribution in [1.29, 1.82) is 0 Å².